The van der Waals surface area contributed by atoms with Gasteiger partial charge in [-0.05, 0) is 17.4 Å². The second-order valence-corrected chi connectivity index (χ2v) is 4.39. The van der Waals surface area contributed by atoms with Gasteiger partial charge < -0.3 is 0 Å². The van der Waals surface area contributed by atoms with Crippen molar-refractivity contribution in [1.82, 2.24) is 5.43 Å². The maximum atomic E-state index is 11.2. The van der Waals surface area contributed by atoms with Crippen molar-refractivity contribution >= 4 is 23.5 Å². The number of rotatable bonds is 4. The summed E-state index contributed by atoms with van der Waals surface area (Å²) in [5, 5.41) is 5.82. The van der Waals surface area contributed by atoms with E-state index >= 15 is 0 Å². The smallest absolute Gasteiger partial charge is 0.240 e. The van der Waals surface area contributed by atoms with Gasteiger partial charge in [0, 0.05) is 11.3 Å². The summed E-state index contributed by atoms with van der Waals surface area (Å²) >= 11 is 1.59. The molecule has 0 atom stereocenters. The van der Waals surface area contributed by atoms with Crippen LogP contribution in [0.5, 0.6) is 0 Å². The molecule has 0 saturated heterocycles. The highest BCUT2D eigenvalue weighted by Gasteiger charge is 2.01. The third-order valence-electron chi connectivity index (χ3n) is 1.52. The number of nitrogens with one attached hydrogen (secondary N) is 1. The summed E-state index contributed by atoms with van der Waals surface area (Å²) in [6.07, 6.45) is 2.17. The molecular weight excluding hydrogens is 196 g/mol. The van der Waals surface area contributed by atoms with Gasteiger partial charge in [0.25, 0.3) is 0 Å². The van der Waals surface area contributed by atoms with Crippen molar-refractivity contribution in [2.24, 2.45) is 11.0 Å². The molecule has 1 amide bonds. The first kappa shape index (κ1) is 10.9. The Morgan fingerprint density at radius 2 is 2.50 bits per heavy atom. The summed E-state index contributed by atoms with van der Waals surface area (Å²) in [7, 11) is 0. The highest BCUT2D eigenvalue weighted by molar-refractivity contribution is 7.11. The molecular formula is C10H14N2OS. The van der Waals surface area contributed by atoms with Gasteiger partial charge in [-0.2, -0.15) is 5.10 Å². The van der Waals surface area contributed by atoms with Crippen molar-refractivity contribution in [3.8, 4) is 0 Å². The number of amides is 1. The van der Waals surface area contributed by atoms with Gasteiger partial charge in [0.05, 0.1) is 6.21 Å². The zero-order valence-electron chi connectivity index (χ0n) is 8.36. The summed E-state index contributed by atoms with van der Waals surface area (Å²) in [6.45, 7) is 4.01. The first-order valence-electron chi connectivity index (χ1n) is 4.54. The lowest BCUT2D eigenvalue weighted by atomic mass is 10.1. The number of carbonyl (C=O) groups excluding carboxylic acids is 1. The van der Waals surface area contributed by atoms with E-state index in [0.717, 1.165) is 4.88 Å². The molecule has 0 saturated carbocycles. The van der Waals surface area contributed by atoms with Crippen LogP contribution in [-0.4, -0.2) is 12.1 Å². The number of hydrazone groups is 1. The van der Waals surface area contributed by atoms with Crippen LogP contribution in [-0.2, 0) is 4.79 Å². The predicted octanol–water partition coefficient (Wildman–Crippen LogP) is 2.24. The Hall–Kier alpha value is -1.16. The number of hydrogen-bond donors (Lipinski definition) is 1. The Morgan fingerprint density at radius 1 is 1.71 bits per heavy atom. The summed E-state index contributed by atoms with van der Waals surface area (Å²) in [5.74, 6) is 0.333. The van der Waals surface area contributed by atoms with Crippen LogP contribution in [0, 0.1) is 5.92 Å². The molecule has 76 valence electrons. The van der Waals surface area contributed by atoms with Crippen LogP contribution >= 0.6 is 11.3 Å². The molecule has 0 bridgehead atoms. The van der Waals surface area contributed by atoms with E-state index in [9.17, 15) is 4.79 Å². The first-order valence-corrected chi connectivity index (χ1v) is 5.42. The Morgan fingerprint density at radius 3 is 3.07 bits per heavy atom. The van der Waals surface area contributed by atoms with Crippen LogP contribution in [0.4, 0.5) is 0 Å². The van der Waals surface area contributed by atoms with Crippen molar-refractivity contribution in [3.05, 3.63) is 22.4 Å². The molecule has 0 unspecified atom stereocenters. The van der Waals surface area contributed by atoms with E-state index < -0.39 is 0 Å². The van der Waals surface area contributed by atoms with E-state index in [2.05, 4.69) is 10.5 Å². The minimum Gasteiger partial charge on any atom is -0.273 e. The third kappa shape index (κ3) is 4.18. The molecule has 0 radical (unpaired) electrons. The largest absolute Gasteiger partial charge is 0.273 e. The Kier molecular flexibility index (Phi) is 4.32. The zero-order valence-corrected chi connectivity index (χ0v) is 9.17. The topological polar surface area (TPSA) is 41.5 Å². The predicted molar refractivity (Wildman–Crippen MR) is 59.5 cm³/mol. The first-order chi connectivity index (χ1) is 6.68. The highest BCUT2D eigenvalue weighted by atomic mass is 32.1. The SMILES string of the molecule is CC(C)CC(=O)N/N=C/c1cccs1. The van der Waals surface area contributed by atoms with Crippen molar-refractivity contribution in [3.63, 3.8) is 0 Å². The van der Waals surface area contributed by atoms with E-state index in [1.807, 2.05) is 31.4 Å². The fourth-order valence-electron chi connectivity index (χ4n) is 0.949. The molecule has 3 nitrogen and oxygen atoms in total. The highest BCUT2D eigenvalue weighted by Crippen LogP contribution is 2.04. The number of hydrogen-bond acceptors (Lipinski definition) is 3. The van der Waals surface area contributed by atoms with Crippen molar-refractivity contribution in [2.45, 2.75) is 20.3 Å². The molecule has 4 heteroatoms. The maximum absolute atomic E-state index is 11.2. The van der Waals surface area contributed by atoms with Gasteiger partial charge in [0.1, 0.15) is 0 Å². The van der Waals surface area contributed by atoms with Crippen molar-refractivity contribution in [1.29, 1.82) is 0 Å². The van der Waals surface area contributed by atoms with Crippen LogP contribution in [0.3, 0.4) is 0 Å². The van der Waals surface area contributed by atoms with Gasteiger partial charge in [-0.3, -0.25) is 4.79 Å². The monoisotopic (exact) mass is 210 g/mol. The van der Waals surface area contributed by atoms with E-state index in [1.54, 1.807) is 17.6 Å². The molecule has 0 fully saturated rings. The summed E-state index contributed by atoms with van der Waals surface area (Å²) in [5.41, 5.74) is 2.49. The molecule has 1 heterocycles. The van der Waals surface area contributed by atoms with Crippen LogP contribution in [0.2, 0.25) is 0 Å². The second-order valence-electron chi connectivity index (χ2n) is 3.41. The minimum atomic E-state index is -0.0344. The number of carbonyl (C=O) groups is 1. The number of thiophene rings is 1. The van der Waals surface area contributed by atoms with Crippen LogP contribution in [0.1, 0.15) is 25.1 Å². The van der Waals surface area contributed by atoms with Crippen LogP contribution < -0.4 is 5.43 Å². The van der Waals surface area contributed by atoms with Gasteiger partial charge in [-0.25, -0.2) is 5.43 Å². The normalized spacial score (nSPS) is 11.1. The summed E-state index contributed by atoms with van der Waals surface area (Å²) in [4.78, 5) is 12.2. The van der Waals surface area contributed by atoms with Gasteiger partial charge in [-0.1, -0.05) is 19.9 Å². The van der Waals surface area contributed by atoms with E-state index in [4.69, 9.17) is 0 Å². The Bertz CT molecular complexity index is 304. The fraction of sp³-hybridized carbons (Fsp3) is 0.400. The molecule has 1 rings (SSSR count). The molecule has 1 aromatic rings. The zero-order chi connectivity index (χ0) is 10.4. The standard InChI is InChI=1S/C10H14N2OS/c1-8(2)6-10(13)12-11-7-9-4-3-5-14-9/h3-5,7-8H,6H2,1-2H3,(H,12,13)/b11-7+. The molecule has 0 aliphatic rings. The lowest BCUT2D eigenvalue weighted by Gasteiger charge is -2.01. The lowest BCUT2D eigenvalue weighted by Crippen LogP contribution is -2.18. The molecule has 0 aliphatic carbocycles. The van der Waals surface area contributed by atoms with Crippen molar-refractivity contribution in [2.75, 3.05) is 0 Å². The molecule has 0 aliphatic heterocycles. The minimum absolute atomic E-state index is 0.0344. The quantitative estimate of drug-likeness (QED) is 0.601. The Labute approximate surface area is 87.8 Å². The maximum Gasteiger partial charge on any atom is 0.240 e. The number of nitrogens with zero attached hydrogens (tertiary/aromatic N) is 1. The van der Waals surface area contributed by atoms with Gasteiger partial charge in [-0.15, -0.1) is 11.3 Å². The van der Waals surface area contributed by atoms with Crippen LogP contribution in [0.15, 0.2) is 22.6 Å². The summed E-state index contributed by atoms with van der Waals surface area (Å²) < 4.78 is 0. The fourth-order valence-corrected chi connectivity index (χ4v) is 1.53. The van der Waals surface area contributed by atoms with Crippen molar-refractivity contribution < 1.29 is 4.79 Å². The Balaban J connectivity index is 2.30. The van der Waals surface area contributed by atoms with E-state index in [0.29, 0.717) is 12.3 Å². The average Bonchev–Trinajstić information content (AvgIpc) is 2.55. The van der Waals surface area contributed by atoms with Gasteiger partial charge in [0.2, 0.25) is 5.91 Å². The molecule has 1 N–H and O–H groups in total. The van der Waals surface area contributed by atoms with Gasteiger partial charge in [0.15, 0.2) is 0 Å². The average molecular weight is 210 g/mol. The molecule has 0 aromatic carbocycles. The van der Waals surface area contributed by atoms with Crippen LogP contribution in [0.25, 0.3) is 0 Å². The molecule has 1 aromatic heterocycles. The third-order valence-corrected chi connectivity index (χ3v) is 2.32. The summed E-state index contributed by atoms with van der Waals surface area (Å²) in [6, 6.07) is 3.89. The van der Waals surface area contributed by atoms with E-state index in [-0.39, 0.29) is 5.91 Å². The van der Waals surface area contributed by atoms with E-state index in [1.165, 1.54) is 0 Å². The molecule has 14 heavy (non-hydrogen) atoms. The molecule has 0 spiro atoms. The van der Waals surface area contributed by atoms with Gasteiger partial charge >= 0.3 is 0 Å². The second kappa shape index (κ2) is 5.54. The lowest BCUT2D eigenvalue weighted by molar-refractivity contribution is -0.121.